The fraction of sp³-hybridized carbons (Fsp3) is 0.0192. The number of para-hydroxylation sites is 1. The molecule has 2 aliphatic rings. The van der Waals surface area contributed by atoms with Gasteiger partial charge in [0.25, 0.3) is 0 Å². The van der Waals surface area contributed by atoms with E-state index in [2.05, 4.69) is 151 Å². The zero-order chi connectivity index (χ0) is 36.8. The van der Waals surface area contributed by atoms with Gasteiger partial charge in [-0.2, -0.15) is 0 Å². The highest BCUT2D eigenvalue weighted by Crippen LogP contribution is 2.62. The topological polar surface area (TPSA) is 51.8 Å². The molecule has 0 radical (unpaired) electrons. The van der Waals surface area contributed by atoms with Crippen molar-refractivity contribution in [2.45, 2.75) is 5.41 Å². The van der Waals surface area contributed by atoms with Crippen LogP contribution in [0, 0.1) is 0 Å². The van der Waals surface area contributed by atoms with E-state index < -0.39 is 5.41 Å². The maximum atomic E-state index is 6.54. The molecule has 1 spiro atoms. The molecule has 1 atom stereocenters. The van der Waals surface area contributed by atoms with Gasteiger partial charge in [-0.05, 0) is 98.1 Å². The highest BCUT2D eigenvalue weighted by molar-refractivity contribution is 6.09. The lowest BCUT2D eigenvalue weighted by Gasteiger charge is -2.35. The van der Waals surface area contributed by atoms with Crippen LogP contribution in [-0.2, 0) is 5.41 Å². The summed E-state index contributed by atoms with van der Waals surface area (Å²) in [5, 5.41) is 2.24. The molecular formula is C52H31N3O. The Morgan fingerprint density at radius 3 is 1.73 bits per heavy atom. The van der Waals surface area contributed by atoms with Gasteiger partial charge in [-0.3, -0.25) is 4.98 Å². The van der Waals surface area contributed by atoms with Crippen molar-refractivity contribution in [1.29, 1.82) is 0 Å². The van der Waals surface area contributed by atoms with Gasteiger partial charge in [0.2, 0.25) is 0 Å². The number of aromatic nitrogens is 3. The molecule has 1 unspecified atom stereocenters. The summed E-state index contributed by atoms with van der Waals surface area (Å²) in [6.07, 6.45) is 3.66. The van der Waals surface area contributed by atoms with Crippen LogP contribution in [0.15, 0.2) is 193 Å². The van der Waals surface area contributed by atoms with Crippen molar-refractivity contribution >= 4 is 21.9 Å². The third kappa shape index (κ3) is 4.32. The Morgan fingerprint density at radius 1 is 0.375 bits per heavy atom. The second kappa shape index (κ2) is 11.8. The quantitative estimate of drug-likeness (QED) is 0.183. The highest BCUT2D eigenvalue weighted by Gasteiger charge is 2.50. The summed E-state index contributed by atoms with van der Waals surface area (Å²) in [5.74, 6) is 0.674. The molecule has 0 aliphatic heterocycles. The van der Waals surface area contributed by atoms with Crippen LogP contribution in [0.2, 0.25) is 0 Å². The molecule has 0 saturated heterocycles. The Kier molecular flexibility index (Phi) is 6.52. The van der Waals surface area contributed by atoms with Crippen LogP contribution in [0.3, 0.4) is 0 Å². The molecule has 7 aromatic carbocycles. The maximum Gasteiger partial charge on any atom is 0.160 e. The van der Waals surface area contributed by atoms with Gasteiger partial charge >= 0.3 is 0 Å². The van der Waals surface area contributed by atoms with E-state index in [4.69, 9.17) is 14.4 Å². The molecule has 4 nitrogen and oxygen atoms in total. The monoisotopic (exact) mass is 713 g/mol. The molecule has 0 N–H and O–H groups in total. The molecule has 4 heteroatoms. The first-order valence-corrected chi connectivity index (χ1v) is 19.0. The third-order valence-electron chi connectivity index (χ3n) is 11.8. The number of benzene rings is 7. The molecular weight excluding hydrogens is 683 g/mol. The summed E-state index contributed by atoms with van der Waals surface area (Å²) in [7, 11) is 0. The van der Waals surface area contributed by atoms with Gasteiger partial charge in [-0.15, -0.1) is 0 Å². The Labute approximate surface area is 323 Å². The summed E-state index contributed by atoms with van der Waals surface area (Å²) in [6.45, 7) is 0. The number of hydrogen-bond acceptors (Lipinski definition) is 4. The number of nitrogens with zero attached hydrogens (tertiary/aromatic N) is 3. The number of pyridine rings is 1. The first kappa shape index (κ1) is 31.0. The molecule has 2 aliphatic carbocycles. The van der Waals surface area contributed by atoms with E-state index in [-0.39, 0.29) is 0 Å². The molecule has 260 valence electrons. The normalized spacial score (nSPS) is 14.9. The molecule has 3 heterocycles. The van der Waals surface area contributed by atoms with Crippen LogP contribution in [0.1, 0.15) is 22.3 Å². The van der Waals surface area contributed by atoms with Gasteiger partial charge < -0.3 is 4.42 Å². The predicted octanol–water partition coefficient (Wildman–Crippen LogP) is 12.8. The van der Waals surface area contributed by atoms with E-state index in [9.17, 15) is 0 Å². The number of rotatable bonds is 3. The molecule has 3 aromatic heterocycles. The summed E-state index contributed by atoms with van der Waals surface area (Å²) in [6, 6.07) is 63.2. The first-order valence-electron chi connectivity index (χ1n) is 19.0. The first-order chi connectivity index (χ1) is 27.8. The van der Waals surface area contributed by atoms with Crippen LogP contribution < -0.4 is 0 Å². The highest BCUT2D eigenvalue weighted by atomic mass is 16.3. The predicted molar refractivity (Wildman–Crippen MR) is 225 cm³/mol. The third-order valence-corrected chi connectivity index (χ3v) is 11.8. The Hall–Kier alpha value is -7.43. The molecule has 0 amide bonds. The van der Waals surface area contributed by atoms with Gasteiger partial charge in [0.1, 0.15) is 11.2 Å². The second-order valence-corrected chi connectivity index (χ2v) is 14.7. The lowest BCUT2D eigenvalue weighted by Crippen LogP contribution is -2.29. The maximum absolute atomic E-state index is 6.54. The Balaban J connectivity index is 1.22. The SMILES string of the molecule is c1ccc(-c2nc(-c3cccnc3)cc(-c3ccc4c(c3)C3(c5ccccc5-c5ccccc5-4)c4ccccc4-c4cc5oc6ccccc6c5cc43)n2)cc1. The minimum absolute atomic E-state index is 0.666. The molecule has 0 bridgehead atoms. The average molecular weight is 714 g/mol. The molecule has 0 saturated carbocycles. The molecule has 12 rings (SSSR count). The van der Waals surface area contributed by atoms with Crippen LogP contribution in [0.25, 0.3) is 89.2 Å². The fourth-order valence-electron chi connectivity index (χ4n) is 9.44. The van der Waals surface area contributed by atoms with Gasteiger partial charge in [0.05, 0.1) is 16.8 Å². The van der Waals surface area contributed by atoms with Crippen molar-refractivity contribution in [2.24, 2.45) is 0 Å². The summed E-state index contributed by atoms with van der Waals surface area (Å²) < 4.78 is 6.54. The minimum Gasteiger partial charge on any atom is -0.456 e. The van der Waals surface area contributed by atoms with Crippen LogP contribution >= 0.6 is 0 Å². The number of fused-ring (bicyclic) bond motifs is 15. The van der Waals surface area contributed by atoms with Crippen molar-refractivity contribution < 1.29 is 4.42 Å². The van der Waals surface area contributed by atoms with Crippen LogP contribution in [-0.4, -0.2) is 15.0 Å². The van der Waals surface area contributed by atoms with E-state index >= 15 is 0 Å². The van der Waals surface area contributed by atoms with Gasteiger partial charge in [0.15, 0.2) is 5.82 Å². The van der Waals surface area contributed by atoms with E-state index in [0.29, 0.717) is 5.82 Å². The van der Waals surface area contributed by atoms with Gasteiger partial charge in [0, 0.05) is 39.9 Å². The van der Waals surface area contributed by atoms with E-state index in [1.807, 2.05) is 36.5 Å². The lowest BCUT2D eigenvalue weighted by atomic mass is 9.65. The average Bonchev–Trinajstić information content (AvgIpc) is 3.75. The molecule has 56 heavy (non-hydrogen) atoms. The fourth-order valence-corrected chi connectivity index (χ4v) is 9.44. The van der Waals surface area contributed by atoms with E-state index in [0.717, 1.165) is 50.0 Å². The van der Waals surface area contributed by atoms with Crippen molar-refractivity contribution in [1.82, 2.24) is 15.0 Å². The molecule has 0 fully saturated rings. The number of hydrogen-bond donors (Lipinski definition) is 0. The summed E-state index contributed by atoms with van der Waals surface area (Å²) in [4.78, 5) is 14.8. The van der Waals surface area contributed by atoms with Crippen molar-refractivity contribution in [2.75, 3.05) is 0 Å². The summed E-state index contributed by atoms with van der Waals surface area (Å²) >= 11 is 0. The van der Waals surface area contributed by atoms with Crippen molar-refractivity contribution in [3.8, 4) is 67.3 Å². The molecule has 10 aromatic rings. The standard InChI is InChI=1S/C52H31N3O/c1-2-13-32(14-3-1)51-54-47(30-48(55-51)34-15-12-26-53-31-34)33-24-25-39-36-17-5-4-16-35(36)37-18-6-9-21-43(37)52(45(39)27-33)44-22-10-7-19-38(44)41-29-50-42(28-46(41)52)40-20-8-11-23-49(40)56-50/h1-31H. The van der Waals surface area contributed by atoms with Crippen LogP contribution in [0.4, 0.5) is 0 Å². The van der Waals surface area contributed by atoms with Gasteiger partial charge in [-0.1, -0.05) is 133 Å². The Morgan fingerprint density at radius 2 is 0.982 bits per heavy atom. The van der Waals surface area contributed by atoms with Crippen LogP contribution in [0.5, 0.6) is 0 Å². The van der Waals surface area contributed by atoms with E-state index in [1.165, 1.54) is 55.6 Å². The number of furan rings is 1. The summed E-state index contributed by atoms with van der Waals surface area (Å²) in [5.41, 5.74) is 18.0. The minimum atomic E-state index is -0.666. The van der Waals surface area contributed by atoms with E-state index in [1.54, 1.807) is 6.20 Å². The largest absolute Gasteiger partial charge is 0.456 e. The zero-order valence-electron chi connectivity index (χ0n) is 30.1. The lowest BCUT2D eigenvalue weighted by molar-refractivity contribution is 0.668. The second-order valence-electron chi connectivity index (χ2n) is 14.7. The van der Waals surface area contributed by atoms with Gasteiger partial charge in [-0.25, -0.2) is 9.97 Å². The zero-order valence-corrected chi connectivity index (χ0v) is 30.1. The van der Waals surface area contributed by atoms with Crippen molar-refractivity contribution in [3.05, 3.63) is 211 Å². The Bertz CT molecular complexity index is 3140. The van der Waals surface area contributed by atoms with Crippen molar-refractivity contribution in [3.63, 3.8) is 0 Å². The smallest absolute Gasteiger partial charge is 0.160 e.